The number of aliphatic hydroxyl groups is 6. The highest BCUT2D eigenvalue weighted by atomic mass is 35.5. The number of halogens is 1. The molecule has 16 heteroatoms. The first-order valence-corrected chi connectivity index (χ1v) is 12.4. The first-order valence-electron chi connectivity index (χ1n) is 12.4. The number of benzene rings is 2. The summed E-state index contributed by atoms with van der Waals surface area (Å²) < 4.78 is 28.5. The molecule has 0 amide bonds. The molecular formula is C26H29ClO15. The Morgan fingerprint density at radius 1 is 0.810 bits per heavy atom. The second kappa shape index (κ2) is 12.6. The minimum absolute atomic E-state index is 0. The summed E-state index contributed by atoms with van der Waals surface area (Å²) in [5.41, 5.74) is 0.139. The van der Waals surface area contributed by atoms with Gasteiger partial charge in [0.2, 0.25) is 12.0 Å². The van der Waals surface area contributed by atoms with Gasteiger partial charge in [-0.15, -0.1) is 0 Å². The third-order valence-corrected chi connectivity index (χ3v) is 6.87. The summed E-state index contributed by atoms with van der Waals surface area (Å²) in [6.45, 7) is -1.18. The highest BCUT2D eigenvalue weighted by molar-refractivity contribution is 5.88. The van der Waals surface area contributed by atoms with Crippen molar-refractivity contribution in [2.45, 2.75) is 55.3 Å². The van der Waals surface area contributed by atoms with E-state index >= 15 is 0 Å². The van der Waals surface area contributed by atoms with Crippen molar-refractivity contribution in [3.8, 4) is 40.1 Å². The summed E-state index contributed by atoms with van der Waals surface area (Å²) in [5, 5.41) is 101. The lowest BCUT2D eigenvalue weighted by molar-refractivity contribution is -0.344. The molecule has 0 bridgehead atoms. The van der Waals surface area contributed by atoms with Gasteiger partial charge in [-0.1, -0.05) is 0 Å². The zero-order valence-electron chi connectivity index (χ0n) is 21.5. The molecule has 1 aromatic heterocycles. The SMILES string of the molecule is OC[C@@H]1O[C@H](Oc2cc3c(O)cc(O)cc3[o+]c2-c2ccc(O)c(O)c2)[C@@H](O[C@H]2OC[C@H](O)[C@@H](O)[C@@H]2O)[C@H](O)[C@@H]1O.[Cl-]. The van der Waals surface area contributed by atoms with Gasteiger partial charge in [0.05, 0.1) is 24.8 Å². The lowest BCUT2D eigenvalue weighted by Gasteiger charge is -2.44. The lowest BCUT2D eigenvalue weighted by atomic mass is 9.98. The number of rotatable bonds is 6. The number of hydrogen-bond acceptors (Lipinski definition) is 14. The molecule has 0 spiro atoms. The maximum absolute atomic E-state index is 10.9. The molecule has 9 atom stereocenters. The summed E-state index contributed by atoms with van der Waals surface area (Å²) in [7, 11) is 0. The number of fused-ring (bicyclic) bond motifs is 1. The Morgan fingerprint density at radius 2 is 1.55 bits per heavy atom. The molecule has 2 aromatic carbocycles. The molecule has 2 aliphatic rings. The van der Waals surface area contributed by atoms with Gasteiger partial charge in [0.1, 0.15) is 53.5 Å². The van der Waals surface area contributed by atoms with Gasteiger partial charge in [-0.3, -0.25) is 0 Å². The highest BCUT2D eigenvalue weighted by Crippen LogP contribution is 2.42. The predicted molar refractivity (Wildman–Crippen MR) is 134 cm³/mol. The summed E-state index contributed by atoms with van der Waals surface area (Å²) in [4.78, 5) is 0. The van der Waals surface area contributed by atoms with Crippen LogP contribution in [0.2, 0.25) is 0 Å². The van der Waals surface area contributed by atoms with E-state index in [2.05, 4.69) is 0 Å². The van der Waals surface area contributed by atoms with Crippen molar-refractivity contribution in [1.29, 1.82) is 0 Å². The number of ether oxygens (including phenoxy) is 4. The molecule has 0 saturated carbocycles. The molecule has 0 unspecified atom stereocenters. The van der Waals surface area contributed by atoms with Gasteiger partial charge < -0.3 is 82.4 Å². The van der Waals surface area contributed by atoms with Gasteiger partial charge in [-0.05, 0) is 12.1 Å². The standard InChI is InChI=1S/C26H28O15.ClH/c27-7-18-20(34)21(35)24(41-25-22(36)19(33)15(32)8-37-25)26(40-18)39-17-6-11-13(30)4-10(28)5-16(11)38-23(17)9-1-2-12(29)14(31)3-9;/h1-6,15,18-22,24-27,32-36H,7-8H2,(H3-,28,29,30,31);1H/t15-,18-,19+,20+,21+,22-,24-,25+,26-;/m0./s1. The summed E-state index contributed by atoms with van der Waals surface area (Å²) >= 11 is 0. The summed E-state index contributed by atoms with van der Waals surface area (Å²) in [5.74, 6) is -1.98. The van der Waals surface area contributed by atoms with Crippen molar-refractivity contribution in [3.63, 3.8) is 0 Å². The number of phenols is 4. The largest absolute Gasteiger partial charge is 1.00 e. The van der Waals surface area contributed by atoms with Crippen molar-refractivity contribution in [2.24, 2.45) is 0 Å². The molecule has 2 aliphatic heterocycles. The van der Waals surface area contributed by atoms with E-state index in [1.165, 1.54) is 24.3 Å². The molecule has 230 valence electrons. The van der Waals surface area contributed by atoms with Gasteiger partial charge in [0.15, 0.2) is 23.9 Å². The van der Waals surface area contributed by atoms with Gasteiger partial charge >= 0.3 is 11.3 Å². The highest BCUT2D eigenvalue weighted by Gasteiger charge is 2.50. The minimum atomic E-state index is -1.80. The Labute approximate surface area is 243 Å². The van der Waals surface area contributed by atoms with Crippen LogP contribution in [-0.2, 0) is 14.2 Å². The lowest BCUT2D eigenvalue weighted by Crippen LogP contribution is -3.00. The Kier molecular flexibility index (Phi) is 9.49. The van der Waals surface area contributed by atoms with Crippen molar-refractivity contribution < 1.29 is 86.8 Å². The average Bonchev–Trinajstić information content (AvgIpc) is 2.94. The van der Waals surface area contributed by atoms with Crippen LogP contribution >= 0.6 is 0 Å². The van der Waals surface area contributed by atoms with Gasteiger partial charge in [0, 0.05) is 18.2 Å². The van der Waals surface area contributed by atoms with Gasteiger partial charge in [-0.2, -0.15) is 0 Å². The van der Waals surface area contributed by atoms with E-state index in [0.29, 0.717) is 0 Å². The summed E-state index contributed by atoms with van der Waals surface area (Å²) in [6.07, 6.45) is -14.6. The Morgan fingerprint density at radius 3 is 2.24 bits per heavy atom. The first-order chi connectivity index (χ1) is 19.5. The van der Waals surface area contributed by atoms with E-state index in [-0.39, 0.29) is 46.2 Å². The normalized spacial score (nSPS) is 31.4. The summed E-state index contributed by atoms with van der Waals surface area (Å²) in [6, 6.07) is 7.19. The third-order valence-electron chi connectivity index (χ3n) is 6.87. The fourth-order valence-corrected chi connectivity index (χ4v) is 4.61. The van der Waals surface area contributed by atoms with E-state index < -0.39 is 85.8 Å². The molecule has 15 nitrogen and oxygen atoms in total. The average molecular weight is 617 g/mol. The van der Waals surface area contributed by atoms with Crippen LogP contribution in [0.15, 0.2) is 40.8 Å². The van der Waals surface area contributed by atoms with Gasteiger partial charge in [-0.25, -0.2) is 4.42 Å². The minimum Gasteiger partial charge on any atom is -1.00 e. The van der Waals surface area contributed by atoms with Crippen LogP contribution in [0.3, 0.4) is 0 Å². The topological polar surface area (TPSA) is 251 Å². The van der Waals surface area contributed by atoms with Crippen LogP contribution in [0.25, 0.3) is 22.3 Å². The zero-order valence-corrected chi connectivity index (χ0v) is 22.2. The zero-order chi connectivity index (χ0) is 29.6. The fourth-order valence-electron chi connectivity index (χ4n) is 4.61. The van der Waals surface area contributed by atoms with Crippen LogP contribution in [-0.4, -0.2) is 120 Å². The predicted octanol–water partition coefficient (Wildman–Crippen LogP) is -4.15. The molecule has 0 aliphatic carbocycles. The number of hydrogen-bond donors (Lipinski definition) is 10. The molecule has 2 saturated heterocycles. The number of aromatic hydroxyl groups is 4. The quantitative estimate of drug-likeness (QED) is 0.0932. The molecular weight excluding hydrogens is 588 g/mol. The smallest absolute Gasteiger partial charge is 0.402 e. The first kappa shape index (κ1) is 31.7. The van der Waals surface area contributed by atoms with Crippen molar-refractivity contribution in [1.82, 2.24) is 0 Å². The van der Waals surface area contributed by atoms with Crippen LogP contribution < -0.4 is 17.1 Å². The molecule has 42 heavy (non-hydrogen) atoms. The molecule has 3 aromatic rings. The van der Waals surface area contributed by atoms with Crippen LogP contribution in [0.1, 0.15) is 0 Å². The molecule has 3 heterocycles. The van der Waals surface area contributed by atoms with Crippen LogP contribution in [0, 0.1) is 0 Å². The van der Waals surface area contributed by atoms with Crippen molar-refractivity contribution >= 4 is 11.0 Å². The third kappa shape index (κ3) is 5.97. The van der Waals surface area contributed by atoms with Crippen molar-refractivity contribution in [3.05, 3.63) is 36.4 Å². The Balaban J connectivity index is 0.00000405. The van der Waals surface area contributed by atoms with E-state index in [1.54, 1.807) is 0 Å². The van der Waals surface area contributed by atoms with E-state index in [4.69, 9.17) is 23.4 Å². The Hall–Kier alpha value is -3.22. The maximum atomic E-state index is 10.9. The maximum Gasteiger partial charge on any atom is 0.402 e. The fraction of sp³-hybridized carbons (Fsp3) is 0.423. The van der Waals surface area contributed by atoms with Crippen LogP contribution in [0.4, 0.5) is 0 Å². The second-order valence-corrected chi connectivity index (χ2v) is 9.70. The molecule has 0 radical (unpaired) electrons. The van der Waals surface area contributed by atoms with E-state index in [0.717, 1.165) is 12.1 Å². The number of aliphatic hydroxyl groups excluding tert-OH is 6. The number of phenolic OH excluding ortho intramolecular Hbond substituents is 4. The molecule has 5 rings (SSSR count). The molecule has 2 fully saturated rings. The van der Waals surface area contributed by atoms with E-state index in [9.17, 15) is 51.1 Å². The van der Waals surface area contributed by atoms with E-state index in [1.807, 2.05) is 0 Å². The van der Waals surface area contributed by atoms with Crippen LogP contribution in [0.5, 0.6) is 28.7 Å². The second-order valence-electron chi connectivity index (χ2n) is 9.70. The Bertz CT molecular complexity index is 1410. The van der Waals surface area contributed by atoms with Gasteiger partial charge in [0.25, 0.3) is 0 Å². The van der Waals surface area contributed by atoms with Crippen molar-refractivity contribution in [2.75, 3.05) is 13.2 Å². The molecule has 10 N–H and O–H groups in total. The monoisotopic (exact) mass is 616 g/mol.